The number of ether oxygens (including phenoxy) is 3. The fourth-order valence-electron chi connectivity index (χ4n) is 5.35. The summed E-state index contributed by atoms with van der Waals surface area (Å²) in [5, 5.41) is 35.1. The Hall–Kier alpha value is -5.64. The number of phenols is 3. The lowest BCUT2D eigenvalue weighted by Gasteiger charge is -2.20. The summed E-state index contributed by atoms with van der Waals surface area (Å²) in [6.07, 6.45) is 3.47. The van der Waals surface area contributed by atoms with Crippen LogP contribution >= 0.6 is 0 Å². The minimum Gasteiger partial charge on any atom is -0.508 e. The highest BCUT2D eigenvalue weighted by Crippen LogP contribution is 2.51. The van der Waals surface area contributed by atoms with Gasteiger partial charge in [-0.15, -0.1) is 0 Å². The van der Waals surface area contributed by atoms with Crippen molar-refractivity contribution in [2.75, 3.05) is 27.3 Å². The zero-order chi connectivity index (χ0) is 32.6. The van der Waals surface area contributed by atoms with Crippen molar-refractivity contribution in [3.63, 3.8) is 0 Å². The molecule has 0 fully saturated rings. The van der Waals surface area contributed by atoms with Crippen molar-refractivity contribution in [3.05, 3.63) is 113 Å². The zero-order valence-corrected chi connectivity index (χ0v) is 25.5. The van der Waals surface area contributed by atoms with Gasteiger partial charge in [-0.2, -0.15) is 0 Å². The van der Waals surface area contributed by atoms with Crippen LogP contribution in [0.15, 0.2) is 84.9 Å². The minimum absolute atomic E-state index is 0.0389. The third-order valence-electron chi connectivity index (χ3n) is 7.75. The zero-order valence-electron chi connectivity index (χ0n) is 25.5. The molecule has 0 aliphatic carbocycles. The van der Waals surface area contributed by atoms with E-state index >= 15 is 0 Å². The van der Waals surface area contributed by atoms with Crippen molar-refractivity contribution in [1.82, 2.24) is 10.6 Å². The number of nitrogens with one attached hydrogen (secondary N) is 2. The van der Waals surface area contributed by atoms with Gasteiger partial charge >= 0.3 is 0 Å². The Morgan fingerprint density at radius 2 is 1.39 bits per heavy atom. The highest BCUT2D eigenvalue weighted by molar-refractivity contribution is 5.92. The molecule has 0 spiro atoms. The van der Waals surface area contributed by atoms with E-state index in [2.05, 4.69) is 10.6 Å². The Kier molecular flexibility index (Phi) is 9.97. The van der Waals surface area contributed by atoms with E-state index in [1.807, 2.05) is 0 Å². The van der Waals surface area contributed by atoms with Crippen LogP contribution in [-0.2, 0) is 22.4 Å². The van der Waals surface area contributed by atoms with Crippen LogP contribution in [0, 0.1) is 0 Å². The van der Waals surface area contributed by atoms with Gasteiger partial charge < -0.3 is 40.2 Å². The molecule has 0 saturated carbocycles. The van der Waals surface area contributed by atoms with Crippen LogP contribution in [-0.4, -0.2) is 54.4 Å². The van der Waals surface area contributed by atoms with Crippen LogP contribution in [0.3, 0.4) is 0 Å². The van der Waals surface area contributed by atoms with Gasteiger partial charge in [0.1, 0.15) is 23.5 Å². The molecule has 0 unspecified atom stereocenters. The monoisotopic (exact) mass is 624 g/mol. The number of hydrogen-bond acceptors (Lipinski definition) is 8. The molecule has 46 heavy (non-hydrogen) atoms. The van der Waals surface area contributed by atoms with Gasteiger partial charge in [0.05, 0.1) is 14.2 Å². The summed E-state index contributed by atoms with van der Waals surface area (Å²) in [6.45, 7) is 0.765. The maximum atomic E-state index is 13.8. The maximum absolute atomic E-state index is 13.8. The quantitative estimate of drug-likeness (QED) is 0.142. The molecule has 1 aliphatic heterocycles. The highest BCUT2D eigenvalue weighted by atomic mass is 16.5. The molecule has 10 nitrogen and oxygen atoms in total. The van der Waals surface area contributed by atoms with E-state index in [-0.39, 0.29) is 34.8 Å². The van der Waals surface area contributed by atoms with Gasteiger partial charge in [0.2, 0.25) is 11.8 Å². The van der Waals surface area contributed by atoms with Crippen LogP contribution in [0.1, 0.15) is 39.8 Å². The SMILES string of the molecule is COc1cc([C@H]2Oc3c(OC)cc(/C=C/C(=O)NCCc4ccc(O)cc4)cc3[C@H]2C(=O)NCCc2ccc(O)cc2)ccc1O. The molecule has 1 heterocycles. The van der Waals surface area contributed by atoms with Gasteiger partial charge in [-0.25, -0.2) is 0 Å². The molecular weight excluding hydrogens is 588 g/mol. The lowest BCUT2D eigenvalue weighted by Crippen LogP contribution is -2.33. The van der Waals surface area contributed by atoms with E-state index < -0.39 is 12.0 Å². The number of amides is 2. The standard InChI is InChI=1S/C36H36N2O8/c1-44-30-21-25(8-13-29(30)41)34-33(36(43)38-18-16-23-5-11-27(40)12-6-23)28-19-24(20-31(45-2)35(28)46-34)7-14-32(42)37-17-15-22-3-9-26(39)10-4-22/h3-14,19-21,33-34,39-41H,15-18H2,1-2H3,(H,37,42)(H,38,43)/b14-7+/t33-,34-/m1/s1. The Bertz CT molecular complexity index is 1720. The van der Waals surface area contributed by atoms with Gasteiger partial charge in [-0.1, -0.05) is 30.3 Å². The maximum Gasteiger partial charge on any atom is 0.244 e. The second-order valence-electron chi connectivity index (χ2n) is 10.8. The largest absolute Gasteiger partial charge is 0.508 e. The van der Waals surface area contributed by atoms with Gasteiger partial charge in [-0.3, -0.25) is 9.59 Å². The molecule has 1 aliphatic rings. The average molecular weight is 625 g/mol. The number of aromatic hydroxyl groups is 3. The number of methoxy groups -OCH3 is 2. The van der Waals surface area contributed by atoms with E-state index in [0.29, 0.717) is 54.1 Å². The predicted molar refractivity (Wildman–Crippen MR) is 172 cm³/mol. The molecule has 5 rings (SSSR count). The predicted octanol–water partition coefficient (Wildman–Crippen LogP) is 4.77. The van der Waals surface area contributed by atoms with Crippen molar-refractivity contribution in [1.29, 1.82) is 0 Å². The number of rotatable bonds is 12. The Morgan fingerprint density at radius 3 is 2.00 bits per heavy atom. The summed E-state index contributed by atoms with van der Waals surface area (Å²) in [4.78, 5) is 26.4. The van der Waals surface area contributed by atoms with Gasteiger partial charge in [-0.05, 0) is 89.7 Å². The van der Waals surface area contributed by atoms with Crippen molar-refractivity contribution < 1.29 is 39.1 Å². The molecule has 5 N–H and O–H groups in total. The molecule has 0 aromatic heterocycles. The van der Waals surface area contributed by atoms with Gasteiger partial charge in [0, 0.05) is 24.7 Å². The summed E-state index contributed by atoms with van der Waals surface area (Å²) in [5.74, 6) is 0.0356. The third-order valence-corrected chi connectivity index (χ3v) is 7.75. The van der Waals surface area contributed by atoms with Crippen molar-refractivity contribution in [2.24, 2.45) is 0 Å². The summed E-state index contributed by atoms with van der Waals surface area (Å²) in [5.41, 5.74) is 3.79. The van der Waals surface area contributed by atoms with E-state index in [9.17, 15) is 24.9 Å². The number of fused-ring (bicyclic) bond motifs is 1. The van der Waals surface area contributed by atoms with Gasteiger partial charge in [0.25, 0.3) is 0 Å². The molecule has 0 radical (unpaired) electrons. The van der Waals surface area contributed by atoms with Gasteiger partial charge in [0.15, 0.2) is 23.0 Å². The van der Waals surface area contributed by atoms with E-state index in [1.165, 1.54) is 26.4 Å². The van der Waals surface area contributed by atoms with E-state index in [0.717, 1.165) is 11.1 Å². The van der Waals surface area contributed by atoms with Crippen LogP contribution < -0.4 is 24.8 Å². The first kappa shape index (κ1) is 31.8. The van der Waals surface area contributed by atoms with E-state index in [1.54, 1.807) is 78.9 Å². The topological polar surface area (TPSA) is 147 Å². The number of phenolic OH excluding ortho intramolecular Hbond substituents is 3. The summed E-state index contributed by atoms with van der Waals surface area (Å²) >= 11 is 0. The van der Waals surface area contributed by atoms with E-state index in [4.69, 9.17) is 14.2 Å². The molecular formula is C36H36N2O8. The molecule has 0 saturated heterocycles. The second-order valence-corrected chi connectivity index (χ2v) is 10.8. The van der Waals surface area contributed by atoms with Crippen molar-refractivity contribution in [3.8, 4) is 34.5 Å². The first-order valence-corrected chi connectivity index (χ1v) is 14.8. The summed E-state index contributed by atoms with van der Waals surface area (Å²) in [6, 6.07) is 22.0. The normalized spacial score (nSPS) is 15.2. The number of carbonyl (C=O) groups is 2. The number of benzene rings is 4. The minimum atomic E-state index is -0.787. The summed E-state index contributed by atoms with van der Waals surface area (Å²) in [7, 11) is 2.95. The molecule has 238 valence electrons. The fraction of sp³-hybridized carbons (Fsp3) is 0.222. The number of hydrogen-bond donors (Lipinski definition) is 5. The lowest BCUT2D eigenvalue weighted by molar-refractivity contribution is -0.124. The molecule has 0 bridgehead atoms. The second kappa shape index (κ2) is 14.4. The van der Waals surface area contributed by atoms with Crippen LogP contribution in [0.2, 0.25) is 0 Å². The van der Waals surface area contributed by atoms with Crippen LogP contribution in [0.4, 0.5) is 0 Å². The number of carbonyl (C=O) groups excluding carboxylic acids is 2. The Morgan fingerprint density at radius 1 is 0.783 bits per heavy atom. The van der Waals surface area contributed by atoms with Crippen LogP contribution in [0.25, 0.3) is 6.08 Å². The molecule has 4 aromatic rings. The Labute approximate surface area is 266 Å². The van der Waals surface area contributed by atoms with Crippen LogP contribution in [0.5, 0.6) is 34.5 Å². The first-order chi connectivity index (χ1) is 22.2. The average Bonchev–Trinajstić information content (AvgIpc) is 3.45. The lowest BCUT2D eigenvalue weighted by atomic mass is 9.89. The third kappa shape index (κ3) is 7.52. The smallest absolute Gasteiger partial charge is 0.244 e. The molecule has 4 aromatic carbocycles. The summed E-state index contributed by atoms with van der Waals surface area (Å²) < 4.78 is 17.3. The molecule has 10 heteroatoms. The fourth-order valence-corrected chi connectivity index (χ4v) is 5.35. The highest BCUT2D eigenvalue weighted by Gasteiger charge is 2.42. The first-order valence-electron chi connectivity index (χ1n) is 14.8. The van der Waals surface area contributed by atoms with Crippen molar-refractivity contribution >= 4 is 17.9 Å². The van der Waals surface area contributed by atoms with Crippen molar-refractivity contribution in [2.45, 2.75) is 24.9 Å². The Balaban J connectivity index is 1.37. The molecule has 2 atom stereocenters. The molecule has 2 amide bonds.